The van der Waals surface area contributed by atoms with Gasteiger partial charge in [0, 0.05) is 19.3 Å². The minimum absolute atomic E-state index is 0.0481. The summed E-state index contributed by atoms with van der Waals surface area (Å²) in [5.74, 6) is 0.959. The molecule has 6 heteroatoms. The van der Waals surface area contributed by atoms with Gasteiger partial charge in [0.25, 0.3) is 0 Å². The second kappa shape index (κ2) is 7.68. The summed E-state index contributed by atoms with van der Waals surface area (Å²) in [6, 6.07) is 8.41. The Labute approximate surface area is 145 Å². The van der Waals surface area contributed by atoms with Gasteiger partial charge in [-0.2, -0.15) is 8.78 Å². The molecule has 1 aromatic carbocycles. The number of aryl methyl sites for hydroxylation is 3. The second-order valence-corrected chi connectivity index (χ2v) is 6.40. The van der Waals surface area contributed by atoms with Crippen molar-refractivity contribution in [2.45, 2.75) is 32.3 Å². The highest BCUT2D eigenvalue weighted by Crippen LogP contribution is 2.34. The van der Waals surface area contributed by atoms with Crippen LogP contribution in [-0.2, 0) is 19.9 Å². The summed E-state index contributed by atoms with van der Waals surface area (Å²) in [6.07, 6.45) is 5.51. The summed E-state index contributed by atoms with van der Waals surface area (Å²) in [6.45, 7) is -2.34. The highest BCUT2D eigenvalue weighted by molar-refractivity contribution is 5.43. The Bertz CT molecular complexity index is 784. The maximum atomic E-state index is 12.5. The smallest absolute Gasteiger partial charge is 0.387 e. The Morgan fingerprint density at radius 3 is 2.52 bits per heavy atom. The molecule has 1 fully saturated rings. The van der Waals surface area contributed by atoms with Crippen molar-refractivity contribution in [1.29, 1.82) is 0 Å². The maximum absolute atomic E-state index is 12.5. The van der Waals surface area contributed by atoms with Crippen molar-refractivity contribution in [3.8, 4) is 11.5 Å². The van der Waals surface area contributed by atoms with Crippen LogP contribution < -0.4 is 15.0 Å². The van der Waals surface area contributed by atoms with Crippen LogP contribution in [0.2, 0.25) is 0 Å². The van der Waals surface area contributed by atoms with Crippen LogP contribution in [0.3, 0.4) is 0 Å². The summed E-state index contributed by atoms with van der Waals surface area (Å²) in [4.78, 5) is 11.4. The third-order valence-corrected chi connectivity index (χ3v) is 4.25. The predicted octanol–water partition coefficient (Wildman–Crippen LogP) is 3.56. The van der Waals surface area contributed by atoms with Gasteiger partial charge in [0.05, 0.1) is 6.61 Å². The number of benzene rings is 1. The fourth-order valence-corrected chi connectivity index (χ4v) is 2.59. The monoisotopic (exact) mass is 349 g/mol. The van der Waals surface area contributed by atoms with Crippen LogP contribution in [0.25, 0.3) is 0 Å². The van der Waals surface area contributed by atoms with Crippen LogP contribution >= 0.6 is 0 Å². The van der Waals surface area contributed by atoms with E-state index in [1.807, 2.05) is 0 Å². The molecule has 1 aliphatic rings. The number of nitrogens with zero attached hydrogens (tertiary/aromatic N) is 1. The average Bonchev–Trinajstić information content (AvgIpc) is 3.39. The molecule has 4 nitrogen and oxygen atoms in total. The van der Waals surface area contributed by atoms with Crippen molar-refractivity contribution in [1.82, 2.24) is 4.57 Å². The normalized spacial score (nSPS) is 13.9. The summed E-state index contributed by atoms with van der Waals surface area (Å²) in [5, 5.41) is 0. The Morgan fingerprint density at radius 1 is 1.12 bits per heavy atom. The Hall–Kier alpha value is -2.37. The van der Waals surface area contributed by atoms with Crippen molar-refractivity contribution in [2.75, 3.05) is 6.61 Å². The quantitative estimate of drug-likeness (QED) is 0.732. The number of rotatable bonds is 8. The van der Waals surface area contributed by atoms with Crippen LogP contribution in [0.1, 0.15) is 24.0 Å². The van der Waals surface area contributed by atoms with Crippen LogP contribution in [0.5, 0.6) is 11.5 Å². The zero-order chi connectivity index (χ0) is 17.8. The predicted molar refractivity (Wildman–Crippen MR) is 90.4 cm³/mol. The first kappa shape index (κ1) is 17.5. The first-order valence-corrected chi connectivity index (χ1v) is 8.37. The summed E-state index contributed by atoms with van der Waals surface area (Å²) in [7, 11) is 1.71. The molecule has 0 spiro atoms. The third-order valence-electron chi connectivity index (χ3n) is 4.25. The van der Waals surface area contributed by atoms with E-state index in [1.165, 1.54) is 6.07 Å². The van der Waals surface area contributed by atoms with Gasteiger partial charge >= 0.3 is 6.61 Å². The molecule has 0 aliphatic heterocycles. The van der Waals surface area contributed by atoms with E-state index in [2.05, 4.69) is 4.74 Å². The fraction of sp³-hybridized carbons (Fsp3) is 0.421. The summed E-state index contributed by atoms with van der Waals surface area (Å²) < 4.78 is 36.9. The van der Waals surface area contributed by atoms with Gasteiger partial charge < -0.3 is 14.0 Å². The summed E-state index contributed by atoms with van der Waals surface area (Å²) in [5.41, 5.74) is 1.96. The molecular formula is C19H21F2NO3. The molecule has 1 aromatic heterocycles. The highest BCUT2D eigenvalue weighted by atomic mass is 19.3. The van der Waals surface area contributed by atoms with E-state index in [1.54, 1.807) is 42.1 Å². The molecule has 3 rings (SSSR count). The number of halogens is 2. The molecule has 0 unspecified atom stereocenters. The fourth-order valence-electron chi connectivity index (χ4n) is 2.59. The van der Waals surface area contributed by atoms with E-state index in [-0.39, 0.29) is 11.3 Å². The van der Waals surface area contributed by atoms with E-state index in [0.29, 0.717) is 24.7 Å². The molecule has 0 atom stereocenters. The minimum Gasteiger partial charge on any atom is -0.489 e. The molecular weight excluding hydrogens is 328 g/mol. The van der Waals surface area contributed by atoms with Gasteiger partial charge in [0.2, 0.25) is 5.56 Å². The number of hydrogen-bond acceptors (Lipinski definition) is 3. The van der Waals surface area contributed by atoms with E-state index in [4.69, 9.17) is 4.74 Å². The standard InChI is InChI=1S/C19H21F2NO3/c1-22-11-14(7-9-18(22)23)3-2-13-6-8-16(25-19(20)21)17(10-13)24-12-15-4-5-15/h6-11,15,19H,2-5,12H2,1H3. The van der Waals surface area contributed by atoms with Crippen LogP contribution in [0.4, 0.5) is 8.78 Å². The molecule has 134 valence electrons. The molecule has 0 amide bonds. The van der Waals surface area contributed by atoms with Crippen LogP contribution in [0.15, 0.2) is 41.3 Å². The zero-order valence-electron chi connectivity index (χ0n) is 14.1. The number of aromatic nitrogens is 1. The number of pyridine rings is 1. The van der Waals surface area contributed by atoms with Gasteiger partial charge in [0.1, 0.15) is 0 Å². The Balaban J connectivity index is 1.70. The molecule has 1 aliphatic carbocycles. The van der Waals surface area contributed by atoms with E-state index in [0.717, 1.165) is 30.4 Å². The first-order valence-electron chi connectivity index (χ1n) is 8.37. The van der Waals surface area contributed by atoms with E-state index in [9.17, 15) is 13.6 Å². The van der Waals surface area contributed by atoms with Crippen molar-refractivity contribution in [2.24, 2.45) is 13.0 Å². The Kier molecular flexibility index (Phi) is 5.36. The lowest BCUT2D eigenvalue weighted by Gasteiger charge is -2.14. The van der Waals surface area contributed by atoms with Gasteiger partial charge in [0.15, 0.2) is 11.5 Å². The van der Waals surface area contributed by atoms with Crippen LogP contribution in [-0.4, -0.2) is 17.8 Å². The topological polar surface area (TPSA) is 40.5 Å². The van der Waals surface area contributed by atoms with Crippen molar-refractivity contribution < 1.29 is 18.3 Å². The lowest BCUT2D eigenvalue weighted by molar-refractivity contribution is -0.0515. The average molecular weight is 349 g/mol. The van der Waals surface area contributed by atoms with Gasteiger partial charge in [-0.1, -0.05) is 12.1 Å². The second-order valence-electron chi connectivity index (χ2n) is 6.40. The van der Waals surface area contributed by atoms with Crippen LogP contribution in [0, 0.1) is 5.92 Å². The molecule has 2 aromatic rings. The summed E-state index contributed by atoms with van der Waals surface area (Å²) >= 11 is 0. The Morgan fingerprint density at radius 2 is 1.84 bits per heavy atom. The number of alkyl halides is 2. The highest BCUT2D eigenvalue weighted by Gasteiger charge is 2.23. The SMILES string of the molecule is Cn1cc(CCc2ccc(OC(F)F)c(OCC3CC3)c2)ccc1=O. The third kappa shape index (κ3) is 5.05. The lowest BCUT2D eigenvalue weighted by atomic mass is 10.1. The zero-order valence-corrected chi connectivity index (χ0v) is 14.1. The van der Waals surface area contributed by atoms with Gasteiger partial charge in [-0.3, -0.25) is 4.79 Å². The molecule has 1 heterocycles. The molecule has 0 N–H and O–H groups in total. The minimum atomic E-state index is -2.88. The van der Waals surface area contributed by atoms with Crippen molar-refractivity contribution in [3.63, 3.8) is 0 Å². The van der Waals surface area contributed by atoms with Crippen molar-refractivity contribution in [3.05, 3.63) is 58.0 Å². The molecule has 0 saturated heterocycles. The van der Waals surface area contributed by atoms with Gasteiger partial charge in [-0.05, 0) is 54.9 Å². The first-order chi connectivity index (χ1) is 12.0. The molecule has 0 radical (unpaired) electrons. The molecule has 25 heavy (non-hydrogen) atoms. The van der Waals surface area contributed by atoms with E-state index >= 15 is 0 Å². The molecule has 1 saturated carbocycles. The van der Waals surface area contributed by atoms with E-state index < -0.39 is 6.61 Å². The maximum Gasteiger partial charge on any atom is 0.387 e. The number of ether oxygens (including phenoxy) is 2. The lowest BCUT2D eigenvalue weighted by Crippen LogP contribution is -2.15. The molecule has 0 bridgehead atoms. The van der Waals surface area contributed by atoms with Gasteiger partial charge in [-0.15, -0.1) is 0 Å². The van der Waals surface area contributed by atoms with Gasteiger partial charge in [-0.25, -0.2) is 0 Å². The van der Waals surface area contributed by atoms with Crippen molar-refractivity contribution >= 4 is 0 Å². The number of hydrogen-bond donors (Lipinski definition) is 0. The largest absolute Gasteiger partial charge is 0.489 e.